The third kappa shape index (κ3) is 2.97. The van der Waals surface area contributed by atoms with Gasteiger partial charge >= 0.3 is 0 Å². The summed E-state index contributed by atoms with van der Waals surface area (Å²) in [5.41, 5.74) is -0.404. The summed E-state index contributed by atoms with van der Waals surface area (Å²) in [4.78, 5) is 12.6. The van der Waals surface area contributed by atoms with Crippen LogP contribution in [0.5, 0.6) is 5.75 Å². The first-order valence-corrected chi connectivity index (χ1v) is 7.09. The minimum Gasteiger partial charge on any atom is -0.496 e. The highest BCUT2D eigenvalue weighted by Gasteiger charge is 2.26. The van der Waals surface area contributed by atoms with Gasteiger partial charge in [0.2, 0.25) is 5.78 Å². The molecule has 0 fully saturated rings. The van der Waals surface area contributed by atoms with E-state index in [1.54, 1.807) is 0 Å². The van der Waals surface area contributed by atoms with Crippen molar-refractivity contribution in [2.75, 3.05) is 7.11 Å². The Morgan fingerprint density at radius 3 is 2.33 bits per heavy atom. The van der Waals surface area contributed by atoms with Crippen molar-refractivity contribution >= 4 is 52.2 Å². The lowest BCUT2D eigenvalue weighted by atomic mass is 10.0. The molecule has 0 aliphatic rings. The normalized spacial score (nSPS) is 10.6. The minimum atomic E-state index is -0.752. The molecule has 0 N–H and O–H groups in total. The van der Waals surface area contributed by atoms with E-state index in [4.69, 9.17) is 51.1 Å². The molecule has 0 aliphatic heterocycles. The van der Waals surface area contributed by atoms with E-state index in [0.717, 1.165) is 6.07 Å². The van der Waals surface area contributed by atoms with E-state index in [1.807, 2.05) is 0 Å². The van der Waals surface area contributed by atoms with Crippen molar-refractivity contribution in [2.45, 2.75) is 0 Å². The molecule has 0 spiro atoms. The van der Waals surface area contributed by atoms with E-state index < -0.39 is 11.6 Å². The van der Waals surface area contributed by atoms with Gasteiger partial charge in [-0.05, 0) is 18.2 Å². The summed E-state index contributed by atoms with van der Waals surface area (Å²) in [5, 5.41) is -0.0840. The summed E-state index contributed by atoms with van der Waals surface area (Å²) in [5.74, 6) is -1.42. The molecule has 0 atom stereocenters. The Hall–Kier alpha value is -1.000. The predicted octanol–water partition coefficient (Wildman–Crippen LogP) is 5.68. The molecule has 0 saturated heterocycles. The average molecular weight is 368 g/mol. The summed E-state index contributed by atoms with van der Waals surface area (Å²) in [7, 11) is 1.32. The summed E-state index contributed by atoms with van der Waals surface area (Å²) in [6.45, 7) is 0. The molecule has 2 aromatic rings. The molecule has 7 heteroatoms. The molecule has 0 radical (unpaired) electrons. The van der Waals surface area contributed by atoms with Crippen molar-refractivity contribution in [3.8, 4) is 5.75 Å². The number of benzene rings is 2. The maximum absolute atomic E-state index is 14.0. The molecule has 0 saturated carbocycles. The highest BCUT2D eigenvalue weighted by molar-refractivity contribution is 6.51. The number of ether oxygens (including phenoxy) is 1. The van der Waals surface area contributed by atoms with Gasteiger partial charge in [0.05, 0.1) is 32.8 Å². The Morgan fingerprint density at radius 2 is 1.71 bits per heavy atom. The molecule has 2 aromatic carbocycles. The van der Waals surface area contributed by atoms with Gasteiger partial charge in [-0.2, -0.15) is 0 Å². The molecular weight excluding hydrogens is 361 g/mol. The van der Waals surface area contributed by atoms with Crippen molar-refractivity contribution < 1.29 is 13.9 Å². The molecule has 0 aromatic heterocycles. The van der Waals surface area contributed by atoms with Crippen molar-refractivity contribution in [1.82, 2.24) is 0 Å². The second-order valence-electron chi connectivity index (χ2n) is 3.99. The van der Waals surface area contributed by atoms with Gasteiger partial charge in [0, 0.05) is 0 Å². The lowest BCUT2D eigenvalue weighted by molar-refractivity contribution is 0.103. The second-order valence-corrected chi connectivity index (χ2v) is 5.56. The summed E-state index contributed by atoms with van der Waals surface area (Å²) >= 11 is 23.7. The number of rotatable bonds is 3. The van der Waals surface area contributed by atoms with E-state index in [1.165, 1.54) is 25.3 Å². The van der Waals surface area contributed by atoms with Gasteiger partial charge in [0.15, 0.2) is 0 Å². The number of halogens is 5. The Bertz CT molecular complexity index is 731. The smallest absolute Gasteiger partial charge is 0.202 e. The number of carbonyl (C=O) groups is 1. The first-order chi connectivity index (χ1) is 9.88. The van der Waals surface area contributed by atoms with Crippen LogP contribution in [-0.4, -0.2) is 12.9 Å². The Balaban J connectivity index is 2.70. The number of hydrogen-bond donors (Lipinski definition) is 0. The average Bonchev–Trinajstić information content (AvgIpc) is 2.44. The van der Waals surface area contributed by atoms with Gasteiger partial charge in [-0.3, -0.25) is 4.79 Å². The second kappa shape index (κ2) is 6.41. The highest BCUT2D eigenvalue weighted by atomic mass is 35.5. The van der Waals surface area contributed by atoms with Crippen LogP contribution < -0.4 is 4.74 Å². The number of carbonyl (C=O) groups excluding carboxylic acids is 1. The fourth-order valence-electron chi connectivity index (χ4n) is 1.79. The molecular formula is C14H7Cl4FO2. The lowest BCUT2D eigenvalue weighted by Gasteiger charge is -2.12. The van der Waals surface area contributed by atoms with Crippen molar-refractivity contribution in [2.24, 2.45) is 0 Å². The first kappa shape index (κ1) is 16.4. The van der Waals surface area contributed by atoms with Crippen molar-refractivity contribution in [1.29, 1.82) is 0 Å². The molecule has 2 rings (SSSR count). The van der Waals surface area contributed by atoms with Gasteiger partial charge < -0.3 is 4.74 Å². The van der Waals surface area contributed by atoms with Crippen LogP contribution in [0.2, 0.25) is 20.1 Å². The number of ketones is 1. The molecule has 0 heterocycles. The van der Waals surface area contributed by atoms with Crippen LogP contribution in [0, 0.1) is 5.82 Å². The fraction of sp³-hybridized carbons (Fsp3) is 0.0714. The van der Waals surface area contributed by atoms with Gasteiger partial charge in [-0.15, -0.1) is 0 Å². The van der Waals surface area contributed by atoms with E-state index in [-0.39, 0.29) is 37.0 Å². The van der Waals surface area contributed by atoms with E-state index in [0.29, 0.717) is 0 Å². The minimum absolute atomic E-state index is 0.0234. The van der Waals surface area contributed by atoms with E-state index in [2.05, 4.69) is 0 Å². The van der Waals surface area contributed by atoms with Crippen LogP contribution in [0.1, 0.15) is 15.9 Å². The fourth-order valence-corrected chi connectivity index (χ4v) is 2.88. The molecule has 0 bridgehead atoms. The first-order valence-electron chi connectivity index (χ1n) is 5.58. The zero-order valence-corrected chi connectivity index (χ0v) is 13.5. The zero-order valence-electron chi connectivity index (χ0n) is 10.5. The zero-order chi connectivity index (χ0) is 15.7. The lowest BCUT2D eigenvalue weighted by Crippen LogP contribution is -2.08. The SMILES string of the molecule is COc1cccc(F)c1C(=O)c1c(Cl)cc(Cl)c(Cl)c1Cl. The molecule has 110 valence electrons. The number of methoxy groups -OCH3 is 1. The van der Waals surface area contributed by atoms with Crippen LogP contribution >= 0.6 is 46.4 Å². The summed E-state index contributed by atoms with van der Waals surface area (Å²) in [6.07, 6.45) is 0. The monoisotopic (exact) mass is 366 g/mol. The molecule has 0 unspecified atom stereocenters. The van der Waals surface area contributed by atoms with Gasteiger partial charge in [-0.25, -0.2) is 4.39 Å². The summed E-state index contributed by atoms with van der Waals surface area (Å²) < 4.78 is 19.0. The van der Waals surface area contributed by atoms with Crippen LogP contribution in [0.3, 0.4) is 0 Å². The third-order valence-electron chi connectivity index (χ3n) is 2.76. The number of hydrogen-bond acceptors (Lipinski definition) is 2. The maximum Gasteiger partial charge on any atom is 0.202 e. The van der Waals surface area contributed by atoms with Gasteiger partial charge in [0.1, 0.15) is 17.1 Å². The third-order valence-corrected chi connectivity index (χ3v) is 4.32. The topological polar surface area (TPSA) is 26.3 Å². The van der Waals surface area contributed by atoms with E-state index in [9.17, 15) is 9.18 Å². The quantitative estimate of drug-likeness (QED) is 0.396. The van der Waals surface area contributed by atoms with Gasteiger partial charge in [0.25, 0.3) is 0 Å². The Labute approximate surface area is 140 Å². The molecule has 0 amide bonds. The van der Waals surface area contributed by atoms with Crippen LogP contribution in [0.4, 0.5) is 4.39 Å². The summed E-state index contributed by atoms with van der Waals surface area (Å²) in [6, 6.07) is 5.28. The molecule has 2 nitrogen and oxygen atoms in total. The predicted molar refractivity (Wildman–Crippen MR) is 82.9 cm³/mol. The largest absolute Gasteiger partial charge is 0.496 e. The highest BCUT2D eigenvalue weighted by Crippen LogP contribution is 2.39. The van der Waals surface area contributed by atoms with E-state index >= 15 is 0 Å². The Morgan fingerprint density at radius 1 is 1.05 bits per heavy atom. The van der Waals surface area contributed by atoms with Crippen molar-refractivity contribution in [3.63, 3.8) is 0 Å². The van der Waals surface area contributed by atoms with Crippen LogP contribution in [-0.2, 0) is 0 Å². The molecule has 21 heavy (non-hydrogen) atoms. The van der Waals surface area contributed by atoms with Crippen molar-refractivity contribution in [3.05, 3.63) is 61.3 Å². The van der Waals surface area contributed by atoms with Crippen LogP contribution in [0.25, 0.3) is 0 Å². The van der Waals surface area contributed by atoms with Gasteiger partial charge in [-0.1, -0.05) is 52.5 Å². The molecule has 0 aliphatic carbocycles. The maximum atomic E-state index is 14.0. The van der Waals surface area contributed by atoms with Crippen LogP contribution in [0.15, 0.2) is 24.3 Å². The standard InChI is InChI=1S/C14H7Cl4FO2/c1-21-9-4-2-3-8(19)11(9)14(20)10-6(15)5-7(16)12(17)13(10)18/h2-5H,1H3. The Kier molecular flexibility index (Phi) is 4.99.